The van der Waals surface area contributed by atoms with Crippen molar-refractivity contribution in [2.45, 2.75) is 24.0 Å². The number of ether oxygens (including phenoxy) is 1. The van der Waals surface area contributed by atoms with Crippen molar-refractivity contribution < 1.29 is 18.3 Å². The molecule has 2 rings (SSSR count). The molecular formula is C14H20BrNO4S. The van der Waals surface area contributed by atoms with E-state index in [9.17, 15) is 8.42 Å². The molecule has 5 nitrogen and oxygen atoms in total. The fourth-order valence-corrected chi connectivity index (χ4v) is 3.82. The lowest BCUT2D eigenvalue weighted by Gasteiger charge is -2.37. The van der Waals surface area contributed by atoms with Crippen molar-refractivity contribution in [3.63, 3.8) is 0 Å². The smallest absolute Gasteiger partial charge is 0.179 e. The zero-order chi connectivity index (χ0) is 15.5. The summed E-state index contributed by atoms with van der Waals surface area (Å²) in [5.74, 6) is 0.0666. The largest absolute Gasteiger partial charge is 0.394 e. The number of aliphatic hydroxyl groups excluding tert-OH is 1. The number of aliphatic hydroxyl groups is 1. The summed E-state index contributed by atoms with van der Waals surface area (Å²) in [6.45, 7) is 3.49. The molecule has 0 bridgehead atoms. The second-order valence-electron chi connectivity index (χ2n) is 5.25. The van der Waals surface area contributed by atoms with Crippen molar-refractivity contribution in [2.75, 3.05) is 32.1 Å². The SMILES string of the molecule is CC1COC(CO)CN1CCS(=O)(=O)c1ccc(Br)cc1. The first-order valence-corrected chi connectivity index (χ1v) is 9.32. The van der Waals surface area contributed by atoms with Gasteiger partial charge in [-0.05, 0) is 31.2 Å². The Morgan fingerprint density at radius 3 is 2.67 bits per heavy atom. The van der Waals surface area contributed by atoms with E-state index in [2.05, 4.69) is 20.8 Å². The van der Waals surface area contributed by atoms with Crippen LogP contribution >= 0.6 is 15.9 Å². The third kappa shape index (κ3) is 4.50. The fraction of sp³-hybridized carbons (Fsp3) is 0.571. The number of hydrogen-bond donors (Lipinski definition) is 1. The number of nitrogens with zero attached hydrogens (tertiary/aromatic N) is 1. The Morgan fingerprint density at radius 1 is 1.38 bits per heavy atom. The maximum absolute atomic E-state index is 12.3. The fourth-order valence-electron chi connectivity index (χ4n) is 2.29. The van der Waals surface area contributed by atoms with Gasteiger partial charge in [0.1, 0.15) is 0 Å². The van der Waals surface area contributed by atoms with Crippen LogP contribution in [0.15, 0.2) is 33.6 Å². The lowest BCUT2D eigenvalue weighted by atomic mass is 10.2. The summed E-state index contributed by atoms with van der Waals surface area (Å²) < 4.78 is 31.0. The van der Waals surface area contributed by atoms with E-state index < -0.39 is 9.84 Å². The molecule has 7 heteroatoms. The molecule has 1 heterocycles. The van der Waals surface area contributed by atoms with E-state index in [1.807, 2.05) is 6.92 Å². The highest BCUT2D eigenvalue weighted by atomic mass is 79.9. The van der Waals surface area contributed by atoms with Gasteiger partial charge in [-0.15, -0.1) is 0 Å². The van der Waals surface area contributed by atoms with Crippen LogP contribution in [0.1, 0.15) is 6.92 Å². The van der Waals surface area contributed by atoms with Crippen LogP contribution in [0.2, 0.25) is 0 Å². The zero-order valence-electron chi connectivity index (χ0n) is 11.9. The second kappa shape index (κ2) is 7.19. The highest BCUT2D eigenvalue weighted by Crippen LogP contribution is 2.17. The van der Waals surface area contributed by atoms with Crippen molar-refractivity contribution in [3.8, 4) is 0 Å². The van der Waals surface area contributed by atoms with Crippen LogP contribution in [0.3, 0.4) is 0 Å². The minimum atomic E-state index is -3.29. The Labute approximate surface area is 134 Å². The van der Waals surface area contributed by atoms with E-state index in [0.29, 0.717) is 24.6 Å². The van der Waals surface area contributed by atoms with Gasteiger partial charge in [-0.2, -0.15) is 0 Å². The van der Waals surface area contributed by atoms with Crippen LogP contribution in [-0.4, -0.2) is 62.6 Å². The van der Waals surface area contributed by atoms with Crippen LogP contribution in [-0.2, 0) is 14.6 Å². The Balaban J connectivity index is 1.99. The predicted molar refractivity (Wildman–Crippen MR) is 84.1 cm³/mol. The summed E-state index contributed by atoms with van der Waals surface area (Å²) in [7, 11) is -3.29. The van der Waals surface area contributed by atoms with Gasteiger partial charge in [0, 0.05) is 23.6 Å². The number of benzene rings is 1. The van der Waals surface area contributed by atoms with Crippen molar-refractivity contribution in [1.29, 1.82) is 0 Å². The Bertz CT molecular complexity index is 561. The number of halogens is 1. The minimum absolute atomic E-state index is 0.0390. The first-order valence-electron chi connectivity index (χ1n) is 6.87. The third-order valence-electron chi connectivity index (χ3n) is 3.66. The summed E-state index contributed by atoms with van der Waals surface area (Å²) in [5.41, 5.74) is 0. The molecule has 0 radical (unpaired) electrons. The van der Waals surface area contributed by atoms with Crippen LogP contribution < -0.4 is 0 Å². The zero-order valence-corrected chi connectivity index (χ0v) is 14.3. The molecule has 1 aliphatic rings. The maximum Gasteiger partial charge on any atom is 0.179 e. The van der Waals surface area contributed by atoms with Gasteiger partial charge in [0.15, 0.2) is 9.84 Å². The summed E-state index contributed by atoms with van der Waals surface area (Å²) in [6, 6.07) is 6.84. The molecular weight excluding hydrogens is 358 g/mol. The van der Waals surface area contributed by atoms with Gasteiger partial charge in [-0.1, -0.05) is 15.9 Å². The highest BCUT2D eigenvalue weighted by Gasteiger charge is 2.27. The number of rotatable bonds is 5. The molecule has 0 aromatic heterocycles. The van der Waals surface area contributed by atoms with Crippen molar-refractivity contribution in [2.24, 2.45) is 0 Å². The molecule has 0 spiro atoms. The molecule has 1 N–H and O–H groups in total. The van der Waals surface area contributed by atoms with Crippen LogP contribution in [0.25, 0.3) is 0 Å². The van der Waals surface area contributed by atoms with Crippen molar-refractivity contribution in [1.82, 2.24) is 4.90 Å². The monoisotopic (exact) mass is 377 g/mol. The molecule has 0 saturated carbocycles. The molecule has 21 heavy (non-hydrogen) atoms. The lowest BCUT2D eigenvalue weighted by molar-refractivity contribution is -0.0758. The first-order chi connectivity index (χ1) is 9.92. The summed E-state index contributed by atoms with van der Waals surface area (Å²) in [4.78, 5) is 2.39. The standard InChI is InChI=1S/C14H20BrNO4S/c1-11-10-20-13(9-17)8-16(11)6-7-21(18,19)14-4-2-12(15)3-5-14/h2-5,11,13,17H,6-10H2,1H3. The van der Waals surface area contributed by atoms with Crippen molar-refractivity contribution >= 4 is 25.8 Å². The van der Waals surface area contributed by atoms with Gasteiger partial charge in [-0.25, -0.2) is 8.42 Å². The Kier molecular flexibility index (Phi) is 5.79. The number of hydrogen-bond acceptors (Lipinski definition) is 5. The maximum atomic E-state index is 12.3. The van der Waals surface area contributed by atoms with Crippen LogP contribution in [0.5, 0.6) is 0 Å². The highest BCUT2D eigenvalue weighted by molar-refractivity contribution is 9.10. The lowest BCUT2D eigenvalue weighted by Crippen LogP contribution is -2.50. The minimum Gasteiger partial charge on any atom is -0.394 e. The van der Waals surface area contributed by atoms with E-state index >= 15 is 0 Å². The van der Waals surface area contributed by atoms with Gasteiger partial charge < -0.3 is 9.84 Å². The molecule has 1 fully saturated rings. The molecule has 1 aromatic rings. The normalized spacial score (nSPS) is 24.1. The molecule has 0 amide bonds. The average molecular weight is 378 g/mol. The molecule has 1 aliphatic heterocycles. The Hall–Kier alpha value is -0.470. The van der Waals surface area contributed by atoms with E-state index in [1.54, 1.807) is 24.3 Å². The van der Waals surface area contributed by atoms with Crippen LogP contribution in [0, 0.1) is 0 Å². The van der Waals surface area contributed by atoms with Gasteiger partial charge in [0.05, 0.1) is 30.0 Å². The summed E-state index contributed by atoms with van der Waals surface area (Å²) >= 11 is 3.30. The number of sulfone groups is 1. The molecule has 2 unspecified atom stereocenters. The second-order valence-corrected chi connectivity index (χ2v) is 8.28. The Morgan fingerprint density at radius 2 is 2.05 bits per heavy atom. The van der Waals surface area contributed by atoms with E-state index in [-0.39, 0.29) is 24.5 Å². The van der Waals surface area contributed by atoms with Gasteiger partial charge in [-0.3, -0.25) is 4.90 Å². The van der Waals surface area contributed by atoms with Crippen LogP contribution in [0.4, 0.5) is 0 Å². The molecule has 1 aromatic carbocycles. The number of morpholine rings is 1. The summed E-state index contributed by atoms with van der Waals surface area (Å²) in [5, 5.41) is 9.15. The first kappa shape index (κ1) is 16.9. The predicted octanol–water partition coefficient (Wildman–Crippen LogP) is 1.30. The van der Waals surface area contributed by atoms with Gasteiger partial charge >= 0.3 is 0 Å². The molecule has 118 valence electrons. The molecule has 0 aliphatic carbocycles. The third-order valence-corrected chi connectivity index (χ3v) is 5.90. The van der Waals surface area contributed by atoms with Gasteiger partial charge in [0.2, 0.25) is 0 Å². The summed E-state index contributed by atoms with van der Waals surface area (Å²) in [6.07, 6.45) is -0.225. The quantitative estimate of drug-likeness (QED) is 0.837. The molecule has 1 saturated heterocycles. The average Bonchev–Trinajstić information content (AvgIpc) is 2.47. The van der Waals surface area contributed by atoms with E-state index in [4.69, 9.17) is 9.84 Å². The molecule has 2 atom stereocenters. The van der Waals surface area contributed by atoms with Crippen molar-refractivity contribution in [3.05, 3.63) is 28.7 Å². The van der Waals surface area contributed by atoms with E-state index in [1.165, 1.54) is 0 Å². The topological polar surface area (TPSA) is 66.8 Å². The van der Waals surface area contributed by atoms with E-state index in [0.717, 1.165) is 4.47 Å². The van der Waals surface area contributed by atoms with Gasteiger partial charge in [0.25, 0.3) is 0 Å².